The van der Waals surface area contributed by atoms with Gasteiger partial charge >= 0.3 is 5.97 Å². The molecule has 7 heteroatoms. The Bertz CT molecular complexity index is 887. The highest BCUT2D eigenvalue weighted by atomic mass is 32.2. The molecule has 3 heterocycles. The van der Waals surface area contributed by atoms with Gasteiger partial charge in [-0.3, -0.25) is 14.5 Å². The number of likely N-dealkylation sites (tertiary alicyclic amines) is 1. The number of benzene rings is 1. The van der Waals surface area contributed by atoms with Crippen LogP contribution in [-0.2, 0) is 17.0 Å². The number of H-pyrrole nitrogens is 1. The first-order chi connectivity index (χ1) is 12.6. The van der Waals surface area contributed by atoms with Gasteiger partial charge in [0, 0.05) is 35.3 Å². The largest absolute Gasteiger partial charge is 0.490 e. The third kappa shape index (κ3) is 3.59. The number of aryl methyl sites for hydroxylation is 1. The summed E-state index contributed by atoms with van der Waals surface area (Å²) in [5, 5.41) is 9.97. The molecule has 2 aliphatic rings. The van der Waals surface area contributed by atoms with E-state index in [1.807, 2.05) is 23.1 Å². The van der Waals surface area contributed by atoms with E-state index in [0.29, 0.717) is 0 Å². The summed E-state index contributed by atoms with van der Waals surface area (Å²) in [7, 11) is 0. The molecular weight excluding hydrogens is 352 g/mol. The van der Waals surface area contributed by atoms with E-state index in [1.165, 1.54) is 0 Å². The predicted molar refractivity (Wildman–Crippen MR) is 102 cm³/mol. The lowest BCUT2D eigenvalue weighted by Gasteiger charge is -2.31. The molecule has 0 aliphatic carbocycles. The monoisotopic (exact) mass is 374 g/mol. The van der Waals surface area contributed by atoms with Crippen LogP contribution < -0.4 is 10.3 Å². The summed E-state index contributed by atoms with van der Waals surface area (Å²) in [6.07, 6.45) is 2.67. The zero-order valence-electron chi connectivity index (χ0n) is 14.5. The number of piperidine rings is 1. The lowest BCUT2D eigenvalue weighted by Crippen LogP contribution is -2.40. The number of nitrogens with one attached hydrogen (secondary N) is 1. The molecule has 6 nitrogen and oxygen atoms in total. The highest BCUT2D eigenvalue weighted by Crippen LogP contribution is 2.30. The Morgan fingerprint density at radius 2 is 2.12 bits per heavy atom. The minimum absolute atomic E-state index is 0.0270. The molecule has 2 aliphatic heterocycles. The molecule has 2 aromatic rings. The van der Waals surface area contributed by atoms with Gasteiger partial charge in [0.1, 0.15) is 11.9 Å². The Labute approximate surface area is 155 Å². The molecule has 0 spiro atoms. The summed E-state index contributed by atoms with van der Waals surface area (Å²) in [6.45, 7) is 1.58. The molecule has 4 rings (SSSR count). The van der Waals surface area contributed by atoms with Gasteiger partial charge < -0.3 is 14.8 Å². The van der Waals surface area contributed by atoms with Crippen LogP contribution in [0.3, 0.4) is 0 Å². The number of fused-ring (bicyclic) bond motifs is 3. The van der Waals surface area contributed by atoms with Crippen molar-refractivity contribution in [2.24, 2.45) is 0 Å². The predicted octanol–water partition coefficient (Wildman–Crippen LogP) is 2.25. The molecule has 0 atom stereocenters. The second-order valence-electron chi connectivity index (χ2n) is 6.91. The Hall–Kier alpha value is -1.99. The van der Waals surface area contributed by atoms with E-state index in [0.717, 1.165) is 71.6 Å². The highest BCUT2D eigenvalue weighted by Gasteiger charge is 2.22. The van der Waals surface area contributed by atoms with Crippen molar-refractivity contribution in [1.82, 2.24) is 9.88 Å². The molecule has 2 N–H and O–H groups in total. The zero-order valence-corrected chi connectivity index (χ0v) is 15.3. The number of aromatic amines is 1. The molecule has 0 bridgehead atoms. The highest BCUT2D eigenvalue weighted by molar-refractivity contribution is 7.98. The normalized spacial score (nSPS) is 18.6. The van der Waals surface area contributed by atoms with Gasteiger partial charge in [0.2, 0.25) is 0 Å². The summed E-state index contributed by atoms with van der Waals surface area (Å²) in [6, 6.07) is 5.88. The Morgan fingerprint density at radius 1 is 1.31 bits per heavy atom. The zero-order chi connectivity index (χ0) is 18.1. The van der Waals surface area contributed by atoms with Crippen molar-refractivity contribution < 1.29 is 14.6 Å². The standard InChI is InChI=1S/C19H22N2O4S/c22-18(23)10-21-6-3-12(4-7-21)25-13-1-2-17-15(9-13)14-5-8-26-11-16(14)19(24)20-17/h1-2,9,12H,3-8,10-11H2,(H,20,24)(H,22,23). The van der Waals surface area contributed by atoms with E-state index in [1.54, 1.807) is 11.8 Å². The fourth-order valence-corrected chi connectivity index (χ4v) is 4.81. The fourth-order valence-electron chi connectivity index (χ4n) is 3.81. The molecule has 26 heavy (non-hydrogen) atoms. The van der Waals surface area contributed by atoms with E-state index in [9.17, 15) is 9.59 Å². The number of aliphatic carboxylic acids is 1. The Morgan fingerprint density at radius 3 is 2.88 bits per heavy atom. The molecule has 1 saturated heterocycles. The van der Waals surface area contributed by atoms with Gasteiger partial charge in [-0.1, -0.05) is 0 Å². The number of aromatic nitrogens is 1. The van der Waals surface area contributed by atoms with Crippen LogP contribution in [0.15, 0.2) is 23.0 Å². The first-order valence-corrected chi connectivity index (χ1v) is 10.1. The van der Waals surface area contributed by atoms with E-state index in [-0.39, 0.29) is 18.2 Å². The van der Waals surface area contributed by atoms with Gasteiger partial charge in [0.25, 0.3) is 5.56 Å². The molecule has 0 unspecified atom stereocenters. The quantitative estimate of drug-likeness (QED) is 0.854. The van der Waals surface area contributed by atoms with Gasteiger partial charge in [0.05, 0.1) is 6.54 Å². The second kappa shape index (κ2) is 7.32. The molecule has 0 saturated carbocycles. The smallest absolute Gasteiger partial charge is 0.317 e. The van der Waals surface area contributed by atoms with E-state index in [4.69, 9.17) is 9.84 Å². The summed E-state index contributed by atoms with van der Waals surface area (Å²) in [5.74, 6) is 1.85. The van der Waals surface area contributed by atoms with Crippen LogP contribution in [-0.4, -0.2) is 52.5 Å². The molecule has 0 radical (unpaired) electrons. The minimum atomic E-state index is -0.782. The molecule has 1 aromatic heterocycles. The first kappa shape index (κ1) is 17.4. The van der Waals surface area contributed by atoms with Crippen LogP contribution in [0.2, 0.25) is 0 Å². The number of nitrogens with zero attached hydrogens (tertiary/aromatic N) is 1. The van der Waals surface area contributed by atoms with Crippen molar-refractivity contribution in [1.29, 1.82) is 0 Å². The van der Waals surface area contributed by atoms with Crippen LogP contribution in [0.4, 0.5) is 0 Å². The van der Waals surface area contributed by atoms with E-state index >= 15 is 0 Å². The molecule has 138 valence electrons. The maximum absolute atomic E-state index is 12.2. The topological polar surface area (TPSA) is 82.6 Å². The van der Waals surface area contributed by atoms with Crippen molar-refractivity contribution in [2.75, 3.05) is 25.4 Å². The number of pyridine rings is 1. The van der Waals surface area contributed by atoms with Gasteiger partial charge in [-0.2, -0.15) is 11.8 Å². The third-order valence-electron chi connectivity index (χ3n) is 5.14. The maximum atomic E-state index is 12.2. The molecule has 1 aromatic carbocycles. The second-order valence-corrected chi connectivity index (χ2v) is 8.01. The third-order valence-corrected chi connectivity index (χ3v) is 6.13. The van der Waals surface area contributed by atoms with Crippen molar-refractivity contribution in [2.45, 2.75) is 31.1 Å². The average Bonchev–Trinajstić information content (AvgIpc) is 2.64. The fraction of sp³-hybridized carbons (Fsp3) is 0.474. The minimum Gasteiger partial charge on any atom is -0.490 e. The van der Waals surface area contributed by atoms with Gasteiger partial charge in [-0.25, -0.2) is 0 Å². The number of hydrogen-bond acceptors (Lipinski definition) is 5. The first-order valence-electron chi connectivity index (χ1n) is 8.96. The van der Waals surface area contributed by atoms with Crippen LogP contribution in [0.5, 0.6) is 5.75 Å². The lowest BCUT2D eigenvalue weighted by atomic mass is 10.0. The number of carboxylic acid groups (broad SMARTS) is 1. The van der Waals surface area contributed by atoms with Crippen molar-refractivity contribution >= 4 is 28.6 Å². The average molecular weight is 374 g/mol. The summed E-state index contributed by atoms with van der Waals surface area (Å²) < 4.78 is 6.17. The van der Waals surface area contributed by atoms with Crippen molar-refractivity contribution in [3.63, 3.8) is 0 Å². The van der Waals surface area contributed by atoms with Crippen molar-refractivity contribution in [3.05, 3.63) is 39.7 Å². The lowest BCUT2D eigenvalue weighted by molar-refractivity contribution is -0.138. The van der Waals surface area contributed by atoms with Crippen LogP contribution in [0.25, 0.3) is 10.9 Å². The Balaban J connectivity index is 1.52. The maximum Gasteiger partial charge on any atom is 0.317 e. The molecular formula is C19H22N2O4S. The van der Waals surface area contributed by atoms with Crippen molar-refractivity contribution in [3.8, 4) is 5.75 Å². The number of carboxylic acids is 1. The summed E-state index contributed by atoms with van der Waals surface area (Å²) >= 11 is 1.80. The van der Waals surface area contributed by atoms with Crippen LogP contribution in [0.1, 0.15) is 24.0 Å². The van der Waals surface area contributed by atoms with E-state index in [2.05, 4.69) is 4.98 Å². The molecule has 1 fully saturated rings. The van der Waals surface area contributed by atoms with Gasteiger partial charge in [-0.15, -0.1) is 0 Å². The van der Waals surface area contributed by atoms with Crippen LogP contribution >= 0.6 is 11.8 Å². The number of ether oxygens (including phenoxy) is 1. The van der Waals surface area contributed by atoms with Gasteiger partial charge in [-0.05, 0) is 48.8 Å². The Kier molecular flexibility index (Phi) is 4.91. The SMILES string of the molecule is O=C(O)CN1CCC(Oc2ccc3[nH]c(=O)c4c(c3c2)CCSC4)CC1. The summed E-state index contributed by atoms with van der Waals surface area (Å²) in [4.78, 5) is 28.0. The number of carbonyl (C=O) groups is 1. The number of thioether (sulfide) groups is 1. The number of rotatable bonds is 4. The number of hydrogen-bond donors (Lipinski definition) is 2. The van der Waals surface area contributed by atoms with Crippen LogP contribution in [0, 0.1) is 0 Å². The molecule has 0 amide bonds. The van der Waals surface area contributed by atoms with Gasteiger partial charge in [0.15, 0.2) is 0 Å². The summed E-state index contributed by atoms with van der Waals surface area (Å²) in [5.41, 5.74) is 2.94. The van der Waals surface area contributed by atoms with E-state index < -0.39 is 5.97 Å².